The third-order valence-electron chi connectivity index (χ3n) is 1.97. The fraction of sp³-hybridized carbons (Fsp3) is 0.167. The van der Waals surface area contributed by atoms with Crippen LogP contribution in [0.2, 0.25) is 0 Å². The van der Waals surface area contributed by atoms with E-state index in [1.165, 1.54) is 12.1 Å². The summed E-state index contributed by atoms with van der Waals surface area (Å²) in [6.07, 6.45) is -0.780. The molecule has 0 aliphatic carbocycles. The maximum absolute atomic E-state index is 11.4. The number of Topliss-reactive ketones (excluding diaryl/α,β-unsaturated/α-hetero) is 2. The van der Waals surface area contributed by atoms with Gasteiger partial charge in [0, 0.05) is 0 Å². The predicted molar refractivity (Wildman–Crippen MR) is 59.0 cm³/mol. The van der Waals surface area contributed by atoms with Crippen molar-refractivity contribution in [3.05, 3.63) is 35.9 Å². The van der Waals surface area contributed by atoms with Crippen molar-refractivity contribution < 1.29 is 29.0 Å². The second-order valence-corrected chi connectivity index (χ2v) is 3.39. The number of benzene rings is 1. The zero-order valence-electron chi connectivity index (χ0n) is 9.29. The third kappa shape index (κ3) is 4.17. The van der Waals surface area contributed by atoms with E-state index >= 15 is 0 Å². The standard InChI is InChI=1S/C12H10O6/c13-9(6-10(14)11(15)16)7-18-12(17)8-4-2-1-3-5-8/h1-5H,6-7H2,(H,15,16). The SMILES string of the molecule is O=C(COC(=O)c1ccccc1)CC(=O)C(=O)O. The molecule has 0 saturated heterocycles. The van der Waals surface area contributed by atoms with Gasteiger partial charge < -0.3 is 9.84 Å². The molecule has 0 bridgehead atoms. The van der Waals surface area contributed by atoms with Crippen LogP contribution in [-0.4, -0.2) is 35.2 Å². The highest BCUT2D eigenvalue weighted by Crippen LogP contribution is 2.01. The van der Waals surface area contributed by atoms with Crippen LogP contribution in [0.15, 0.2) is 30.3 Å². The van der Waals surface area contributed by atoms with E-state index < -0.39 is 36.5 Å². The van der Waals surface area contributed by atoms with Gasteiger partial charge in [-0.2, -0.15) is 0 Å². The number of ketones is 2. The van der Waals surface area contributed by atoms with Crippen molar-refractivity contribution in [2.24, 2.45) is 0 Å². The van der Waals surface area contributed by atoms with E-state index in [2.05, 4.69) is 4.74 Å². The normalized spacial score (nSPS) is 9.56. The number of aliphatic carboxylic acids is 1. The molecule has 0 radical (unpaired) electrons. The Hall–Kier alpha value is -2.50. The van der Waals surface area contributed by atoms with Gasteiger partial charge in [-0.05, 0) is 12.1 Å². The predicted octanol–water partition coefficient (Wildman–Crippen LogP) is 0.456. The first-order chi connectivity index (χ1) is 8.50. The van der Waals surface area contributed by atoms with Crippen LogP contribution in [0.4, 0.5) is 0 Å². The van der Waals surface area contributed by atoms with Crippen molar-refractivity contribution >= 4 is 23.5 Å². The summed E-state index contributed by atoms with van der Waals surface area (Å²) in [7, 11) is 0. The van der Waals surface area contributed by atoms with E-state index in [9.17, 15) is 19.2 Å². The van der Waals surface area contributed by atoms with Gasteiger partial charge in [0.1, 0.15) is 0 Å². The monoisotopic (exact) mass is 250 g/mol. The first-order valence-electron chi connectivity index (χ1n) is 5.00. The fourth-order valence-electron chi connectivity index (χ4n) is 1.11. The van der Waals surface area contributed by atoms with Gasteiger partial charge in [0.15, 0.2) is 12.4 Å². The molecular weight excluding hydrogens is 240 g/mol. The molecule has 0 saturated carbocycles. The molecule has 1 aromatic carbocycles. The highest BCUT2D eigenvalue weighted by atomic mass is 16.5. The number of hydrogen-bond donors (Lipinski definition) is 1. The molecule has 0 aliphatic heterocycles. The van der Waals surface area contributed by atoms with Gasteiger partial charge in [0.25, 0.3) is 0 Å². The van der Waals surface area contributed by atoms with Gasteiger partial charge in [0.2, 0.25) is 5.78 Å². The molecule has 1 rings (SSSR count). The maximum atomic E-state index is 11.4. The summed E-state index contributed by atoms with van der Waals surface area (Å²) in [5.41, 5.74) is 0.273. The van der Waals surface area contributed by atoms with Crippen molar-refractivity contribution in [3.8, 4) is 0 Å². The lowest BCUT2D eigenvalue weighted by Gasteiger charge is -2.02. The Kier molecular flexibility index (Phi) is 4.74. The Morgan fingerprint density at radius 1 is 1.06 bits per heavy atom. The van der Waals surface area contributed by atoms with Crippen molar-refractivity contribution in [3.63, 3.8) is 0 Å². The first-order valence-corrected chi connectivity index (χ1v) is 5.00. The van der Waals surface area contributed by atoms with Crippen LogP contribution in [-0.2, 0) is 19.1 Å². The summed E-state index contributed by atoms with van der Waals surface area (Å²) in [4.78, 5) is 43.4. The molecule has 6 heteroatoms. The summed E-state index contributed by atoms with van der Waals surface area (Å²) < 4.78 is 4.64. The van der Waals surface area contributed by atoms with E-state index in [1.807, 2.05) is 0 Å². The molecule has 18 heavy (non-hydrogen) atoms. The minimum atomic E-state index is -1.68. The van der Waals surface area contributed by atoms with Crippen molar-refractivity contribution in [2.45, 2.75) is 6.42 Å². The Morgan fingerprint density at radius 3 is 2.22 bits per heavy atom. The Balaban J connectivity index is 2.42. The van der Waals surface area contributed by atoms with E-state index in [-0.39, 0.29) is 5.56 Å². The summed E-state index contributed by atoms with van der Waals surface area (Å²) in [5.74, 6) is -4.37. The Morgan fingerprint density at radius 2 is 1.67 bits per heavy atom. The summed E-state index contributed by atoms with van der Waals surface area (Å²) in [5, 5.41) is 8.28. The van der Waals surface area contributed by atoms with Gasteiger partial charge in [-0.25, -0.2) is 9.59 Å². The maximum Gasteiger partial charge on any atom is 0.372 e. The molecule has 94 valence electrons. The second kappa shape index (κ2) is 6.29. The summed E-state index contributed by atoms with van der Waals surface area (Å²) in [6, 6.07) is 8.00. The highest BCUT2D eigenvalue weighted by Gasteiger charge is 2.17. The Labute approximate surface area is 102 Å². The molecule has 0 fully saturated rings. The molecular formula is C12H10O6. The number of carboxylic acids is 1. The fourth-order valence-corrected chi connectivity index (χ4v) is 1.11. The second-order valence-electron chi connectivity index (χ2n) is 3.39. The highest BCUT2D eigenvalue weighted by molar-refractivity contribution is 6.36. The van der Waals surface area contributed by atoms with Gasteiger partial charge in [-0.3, -0.25) is 9.59 Å². The van der Waals surface area contributed by atoms with Crippen LogP contribution < -0.4 is 0 Å². The molecule has 0 amide bonds. The zero-order valence-corrected chi connectivity index (χ0v) is 9.29. The number of rotatable bonds is 6. The molecule has 0 spiro atoms. The Bertz CT molecular complexity index is 477. The number of esters is 1. The topological polar surface area (TPSA) is 97.7 Å². The van der Waals surface area contributed by atoms with Crippen LogP contribution >= 0.6 is 0 Å². The molecule has 0 unspecified atom stereocenters. The lowest BCUT2D eigenvalue weighted by Crippen LogP contribution is -2.21. The van der Waals surface area contributed by atoms with Gasteiger partial charge >= 0.3 is 11.9 Å². The van der Waals surface area contributed by atoms with Gasteiger partial charge in [-0.1, -0.05) is 18.2 Å². The first kappa shape index (κ1) is 13.6. The molecule has 0 aromatic heterocycles. The van der Waals surface area contributed by atoms with Gasteiger partial charge in [-0.15, -0.1) is 0 Å². The van der Waals surface area contributed by atoms with Crippen LogP contribution in [0.3, 0.4) is 0 Å². The molecule has 0 heterocycles. The van der Waals surface area contributed by atoms with Crippen molar-refractivity contribution in [2.75, 3.05) is 6.61 Å². The van der Waals surface area contributed by atoms with Crippen LogP contribution in [0.25, 0.3) is 0 Å². The van der Waals surface area contributed by atoms with Crippen LogP contribution in [0, 0.1) is 0 Å². The minimum Gasteiger partial charge on any atom is -0.475 e. The third-order valence-corrected chi connectivity index (χ3v) is 1.97. The average Bonchev–Trinajstić information content (AvgIpc) is 2.36. The molecule has 0 atom stereocenters. The van der Waals surface area contributed by atoms with E-state index in [0.717, 1.165) is 0 Å². The lowest BCUT2D eigenvalue weighted by atomic mass is 10.2. The van der Waals surface area contributed by atoms with Crippen molar-refractivity contribution in [1.29, 1.82) is 0 Å². The number of carbonyl (C=O) groups excluding carboxylic acids is 3. The van der Waals surface area contributed by atoms with Crippen LogP contribution in [0.1, 0.15) is 16.8 Å². The van der Waals surface area contributed by atoms with E-state index in [4.69, 9.17) is 5.11 Å². The van der Waals surface area contributed by atoms with Crippen LogP contribution in [0.5, 0.6) is 0 Å². The number of carboxylic acid groups (broad SMARTS) is 1. The molecule has 0 aliphatic rings. The summed E-state index contributed by atoms with van der Waals surface area (Å²) in [6.45, 7) is -0.618. The summed E-state index contributed by atoms with van der Waals surface area (Å²) >= 11 is 0. The largest absolute Gasteiger partial charge is 0.475 e. The number of hydrogen-bond acceptors (Lipinski definition) is 5. The molecule has 1 N–H and O–H groups in total. The smallest absolute Gasteiger partial charge is 0.372 e. The number of carbonyl (C=O) groups is 4. The van der Waals surface area contributed by atoms with Gasteiger partial charge in [0.05, 0.1) is 12.0 Å². The lowest BCUT2D eigenvalue weighted by molar-refractivity contribution is -0.150. The quantitative estimate of drug-likeness (QED) is 0.447. The molecule has 1 aromatic rings. The average molecular weight is 250 g/mol. The van der Waals surface area contributed by atoms with Crippen molar-refractivity contribution in [1.82, 2.24) is 0 Å². The molecule has 6 nitrogen and oxygen atoms in total. The number of ether oxygens (including phenoxy) is 1. The minimum absolute atomic E-state index is 0.273. The van der Waals surface area contributed by atoms with E-state index in [1.54, 1.807) is 18.2 Å². The van der Waals surface area contributed by atoms with E-state index in [0.29, 0.717) is 0 Å². The zero-order chi connectivity index (χ0) is 13.5.